The minimum atomic E-state index is -1.74. The van der Waals surface area contributed by atoms with E-state index < -0.39 is 76.9 Å². The Kier molecular flexibility index (Phi) is 44.1. The molecule has 38 heteroatoms. The van der Waals surface area contributed by atoms with E-state index in [9.17, 15) is 76.7 Å². The van der Waals surface area contributed by atoms with E-state index in [0.29, 0.717) is 118 Å². The molecule has 4 aliphatic rings. The molecule has 2 unspecified atom stereocenters. The van der Waals surface area contributed by atoms with E-state index in [4.69, 9.17) is 21.1 Å². The molecule has 8 amide bonds. The Hall–Kier alpha value is -14.6. The standard InChI is InChI=1S/C49H55ClN8O8.C32H40N6O6.C29H37N5O4/c1-65-43-30-38(50)44(66-2)29-37(43)46(61)45(48(63)51-35-17-18-39-40(28-35)54-49(64)53-39)56-55-34-15-13-31(14-16-34)47(62)52-36-26-32(41(59)11-9-23-57-19-5-3-6-20-57)25-33(27-36)42(60)12-10-24-58-21-7-4-8-22-58;1-4-7-8-11-26(39)22-18-23(27(40)12-9-10-17-38(5-2)6-3)20-25(19-22)33-29(41)21-13-15-24(16-14-21)36-37-28-30(42)34-32(44)35-31(28)43;1-33(2)15-9-7-13-25(35)20-17-21(26(36)14-8-10-16-34(3)4)19-22(18-20)31-32-27-28(37)23-11-5-6-12-24(23)30-29(27)38/h13-18,25-30,45H,3-12,19-24H2,1-2H3,(H,51,63)(H,52,62)(H2,53,54,64);13-16,18-20,28H,4-12,17H2,1-3H3,(H,33,41)(H2,34,35,42,43,44);5-6,11-12,17-19,27H,7-10,13-16H2,1-4H3,(H,30,38). The molecule has 9 aromatic rings. The lowest BCUT2D eigenvalue weighted by Crippen LogP contribution is -2.57. The van der Waals surface area contributed by atoms with Crippen molar-refractivity contribution in [2.24, 2.45) is 30.7 Å². The average molecular weight is 2040 g/mol. The zero-order chi connectivity index (χ0) is 106. The number of Topliss-reactive ketones (excluding diaryl/α,β-unsaturated/α-hetero) is 8. The number of unbranched alkanes of at least 4 members (excludes halogenated alkanes) is 5. The molecule has 8 N–H and O–H groups in total. The van der Waals surface area contributed by atoms with E-state index in [1.165, 1.54) is 119 Å². The van der Waals surface area contributed by atoms with E-state index in [0.717, 1.165) is 130 Å². The van der Waals surface area contributed by atoms with Gasteiger partial charge in [-0.2, -0.15) is 30.7 Å². The maximum absolute atomic E-state index is 14.1. The molecule has 0 spiro atoms. The van der Waals surface area contributed by atoms with E-state index in [2.05, 4.69) is 107 Å². The Morgan fingerprint density at radius 1 is 0.419 bits per heavy atom. The zero-order valence-corrected chi connectivity index (χ0v) is 86.2. The van der Waals surface area contributed by atoms with E-state index in [1.54, 1.807) is 91.0 Å². The van der Waals surface area contributed by atoms with Crippen LogP contribution in [0.1, 0.15) is 272 Å². The lowest BCUT2D eigenvalue weighted by atomic mass is 9.98. The highest BCUT2D eigenvalue weighted by Gasteiger charge is 2.37. The molecule has 1 aromatic heterocycles. The summed E-state index contributed by atoms with van der Waals surface area (Å²) >= 11 is 6.30. The summed E-state index contributed by atoms with van der Waals surface area (Å²) < 4.78 is 10.7. The van der Waals surface area contributed by atoms with Crippen LogP contribution in [-0.2, 0) is 19.2 Å². The summed E-state index contributed by atoms with van der Waals surface area (Å²) in [5.41, 5.74) is 5.81. The van der Waals surface area contributed by atoms with Gasteiger partial charge in [-0.1, -0.05) is 70.2 Å². The highest BCUT2D eigenvalue weighted by atomic mass is 35.5. The van der Waals surface area contributed by atoms with E-state index in [-0.39, 0.29) is 90.7 Å². The number of halogens is 1. The van der Waals surface area contributed by atoms with Crippen molar-refractivity contribution in [3.63, 3.8) is 0 Å². The van der Waals surface area contributed by atoms with Gasteiger partial charge in [0.15, 0.2) is 34.7 Å². The van der Waals surface area contributed by atoms with E-state index >= 15 is 0 Å². The number of carbonyl (C=O) groups is 15. The Morgan fingerprint density at radius 2 is 0.851 bits per heavy atom. The quantitative estimate of drug-likeness (QED) is 0.00759. The number of hydrogen-bond donors (Lipinski definition) is 8. The minimum absolute atomic E-state index is 0.0409. The van der Waals surface area contributed by atoms with Crippen molar-refractivity contribution >= 4 is 150 Å². The number of H-pyrrole nitrogens is 2. The third kappa shape index (κ3) is 34.5. The predicted molar refractivity (Wildman–Crippen MR) is 566 cm³/mol. The molecule has 0 bridgehead atoms. The van der Waals surface area contributed by atoms with Crippen LogP contribution in [0.2, 0.25) is 5.02 Å². The maximum atomic E-state index is 14.1. The lowest BCUT2D eigenvalue weighted by Gasteiger charge is -2.26. The van der Waals surface area contributed by atoms with Crippen LogP contribution in [0.25, 0.3) is 11.0 Å². The number of fused-ring (bicyclic) bond motifs is 2. The van der Waals surface area contributed by atoms with Gasteiger partial charge in [-0.05, 0) is 323 Å². The summed E-state index contributed by atoms with van der Waals surface area (Å²) in [5.74, 6) is -5.61. The number of aromatic amines is 2. The number of methoxy groups -OCH3 is 2. The number of nitrogens with zero attached hydrogens (tertiary/aromatic N) is 11. The molecule has 0 saturated carbocycles. The summed E-state index contributed by atoms with van der Waals surface area (Å²) in [5, 5.41) is 39.2. The SMILES string of the molecule is CCCCCC(=O)c1cc(NC(=O)c2ccc(N=NC3C(=O)NC(=O)NC3=O)cc2)cc(C(=O)CCCCN(CC)CC)c1.CN(C)CCCCC(=O)c1cc(N=NC2C(=O)Nc3ccccc3C2=O)cc(C(=O)CCCCN(C)C)c1.COc1cc(C(=O)C(N=Nc2ccc(C(=O)Nc3cc(C(=O)CCCN4CCCCC4)cc(C(=O)CCCN4CCCCC4)c3)cc2)C(=O)Nc2ccc3[nH]c(=O)[nH]c3c2)c(OC)cc1Cl. The first-order valence-electron chi connectivity index (χ1n) is 50.5. The number of azo groups is 3. The third-order valence-corrected chi connectivity index (χ3v) is 25.8. The highest BCUT2D eigenvalue weighted by Crippen LogP contribution is 2.36. The number of benzene rings is 8. The van der Waals surface area contributed by atoms with Gasteiger partial charge in [0.2, 0.25) is 29.7 Å². The largest absolute Gasteiger partial charge is 0.496 e. The third-order valence-electron chi connectivity index (χ3n) is 25.5. The predicted octanol–water partition coefficient (Wildman–Crippen LogP) is 18.7. The van der Waals surface area contributed by atoms with Gasteiger partial charge in [-0.15, -0.1) is 0 Å². The fourth-order valence-electron chi connectivity index (χ4n) is 17.2. The van der Waals surface area contributed by atoms with Crippen molar-refractivity contribution in [2.75, 3.05) is 136 Å². The highest BCUT2D eigenvalue weighted by molar-refractivity contribution is 6.32. The first-order valence-corrected chi connectivity index (χ1v) is 50.9. The monoisotopic (exact) mass is 2040 g/mol. The number of carbonyl (C=O) groups excluding carboxylic acids is 15. The number of rotatable bonds is 51. The van der Waals surface area contributed by atoms with Crippen molar-refractivity contribution in [3.8, 4) is 11.5 Å². The molecule has 782 valence electrons. The molecule has 5 heterocycles. The fourth-order valence-corrected chi connectivity index (χ4v) is 17.4. The van der Waals surface area contributed by atoms with Gasteiger partial charge >= 0.3 is 11.7 Å². The van der Waals surface area contributed by atoms with Gasteiger partial charge in [-0.3, -0.25) is 77.8 Å². The molecular formula is C110H132ClN19O18. The number of urea groups is 1. The van der Waals surface area contributed by atoms with Crippen molar-refractivity contribution in [1.29, 1.82) is 0 Å². The number of imide groups is 2. The Balaban J connectivity index is 0.000000222. The summed E-state index contributed by atoms with van der Waals surface area (Å²) in [6, 6.07) is 35.0. The topological polar surface area (TPSA) is 486 Å². The van der Waals surface area contributed by atoms with Crippen LogP contribution in [0.4, 0.5) is 44.6 Å². The summed E-state index contributed by atoms with van der Waals surface area (Å²) in [6.07, 6.45) is 18.1. The number of para-hydroxylation sites is 1. The van der Waals surface area contributed by atoms with Gasteiger partial charge in [0, 0.05) is 112 Å². The lowest BCUT2D eigenvalue weighted by molar-refractivity contribution is -0.132. The normalized spacial score (nSPS) is 14.7. The molecule has 3 saturated heterocycles. The first kappa shape index (κ1) is 114. The minimum Gasteiger partial charge on any atom is -0.496 e. The number of imidazole rings is 1. The van der Waals surface area contributed by atoms with Crippen LogP contribution in [0, 0.1) is 0 Å². The van der Waals surface area contributed by atoms with Crippen molar-refractivity contribution in [2.45, 2.75) is 187 Å². The Bertz CT molecular complexity index is 6290. The molecule has 3 fully saturated rings. The van der Waals surface area contributed by atoms with E-state index in [1.807, 2.05) is 38.8 Å². The number of anilines is 4. The van der Waals surface area contributed by atoms with Gasteiger partial charge < -0.3 is 65.2 Å². The van der Waals surface area contributed by atoms with Crippen LogP contribution in [0.15, 0.2) is 193 Å². The van der Waals surface area contributed by atoms with Crippen LogP contribution >= 0.6 is 11.6 Å². The van der Waals surface area contributed by atoms with Crippen molar-refractivity contribution in [3.05, 3.63) is 229 Å². The molecule has 148 heavy (non-hydrogen) atoms. The number of aromatic nitrogens is 2. The van der Waals surface area contributed by atoms with Gasteiger partial charge in [0.05, 0.1) is 58.6 Å². The summed E-state index contributed by atoms with van der Waals surface area (Å²) in [6.45, 7) is 16.7. The second kappa shape index (κ2) is 57.5. The smallest absolute Gasteiger partial charge is 0.328 e. The number of piperidine rings is 2. The van der Waals surface area contributed by atoms with Crippen LogP contribution in [-0.4, -0.2) is 255 Å². The molecule has 4 aliphatic heterocycles. The van der Waals surface area contributed by atoms with Crippen LogP contribution in [0.3, 0.4) is 0 Å². The number of ketones is 8. The molecule has 8 aromatic carbocycles. The Morgan fingerprint density at radius 3 is 1.32 bits per heavy atom. The second-order valence-corrected chi connectivity index (χ2v) is 37.7. The van der Waals surface area contributed by atoms with Gasteiger partial charge in [0.1, 0.15) is 11.5 Å². The second-order valence-electron chi connectivity index (χ2n) is 37.3. The van der Waals surface area contributed by atoms with Crippen LogP contribution < -0.4 is 47.1 Å². The van der Waals surface area contributed by atoms with Gasteiger partial charge in [-0.25, -0.2) is 9.59 Å². The van der Waals surface area contributed by atoms with Crippen molar-refractivity contribution < 1.29 is 81.4 Å². The molecule has 37 nitrogen and oxygen atoms in total. The number of amides is 8. The number of nitrogens with one attached hydrogen (secondary N) is 8. The molecule has 0 aliphatic carbocycles. The van der Waals surface area contributed by atoms with Crippen LogP contribution in [0.5, 0.6) is 11.5 Å². The summed E-state index contributed by atoms with van der Waals surface area (Å²) in [4.78, 5) is 222. The number of ether oxygens (including phenoxy) is 2. The average Bonchev–Trinajstić information content (AvgIpc) is 0.816. The van der Waals surface area contributed by atoms with Crippen molar-refractivity contribution in [1.82, 2.24) is 45.1 Å². The van der Waals surface area contributed by atoms with Gasteiger partial charge in [0.25, 0.3) is 35.4 Å². The zero-order valence-electron chi connectivity index (χ0n) is 85.4. The Labute approximate surface area is 865 Å². The summed E-state index contributed by atoms with van der Waals surface area (Å²) in [7, 11) is 10.7. The number of likely N-dealkylation sites (tertiary alicyclic amines) is 2. The first-order chi connectivity index (χ1) is 71.3. The molecular weight excluding hydrogens is 1910 g/mol. The maximum Gasteiger partial charge on any atom is 0.328 e. The molecule has 2 atom stereocenters. The molecule has 0 radical (unpaired) electrons. The number of barbiturate groups is 1. The fraction of sp³-hybridized carbons (Fsp3) is 0.418. The molecule has 13 rings (SSSR count). The number of hydrogen-bond acceptors (Lipinski definition) is 29.